The summed E-state index contributed by atoms with van der Waals surface area (Å²) in [6.45, 7) is 1.98. The second-order valence-corrected chi connectivity index (χ2v) is 10.6. The highest BCUT2D eigenvalue weighted by atomic mass is 32.2. The molecule has 0 bridgehead atoms. The van der Waals surface area contributed by atoms with Crippen molar-refractivity contribution in [2.45, 2.75) is 24.7 Å². The molecule has 4 aromatic rings. The molecule has 3 amide bonds. The molecule has 0 unspecified atom stereocenters. The summed E-state index contributed by atoms with van der Waals surface area (Å²) >= 11 is 1.20. The van der Waals surface area contributed by atoms with E-state index in [1.54, 1.807) is 43.5 Å². The van der Waals surface area contributed by atoms with Gasteiger partial charge >= 0.3 is 0 Å². The molecule has 7 nitrogen and oxygen atoms in total. The van der Waals surface area contributed by atoms with Crippen LogP contribution in [0.3, 0.4) is 0 Å². The molecule has 0 aromatic heterocycles. The van der Waals surface area contributed by atoms with E-state index < -0.39 is 11.8 Å². The molecule has 0 aliphatic carbocycles. The minimum atomic E-state index is -0.439. The van der Waals surface area contributed by atoms with Crippen LogP contribution in [0.5, 0.6) is 5.75 Å². The van der Waals surface area contributed by atoms with Crippen LogP contribution in [0.1, 0.15) is 17.5 Å². The van der Waals surface area contributed by atoms with Crippen molar-refractivity contribution in [3.05, 3.63) is 125 Å². The molecule has 0 fully saturated rings. The average molecular weight is 564 g/mol. The Balaban J connectivity index is 1.33. The van der Waals surface area contributed by atoms with Gasteiger partial charge in [0.05, 0.1) is 12.8 Å². The van der Waals surface area contributed by atoms with E-state index in [1.165, 1.54) is 16.7 Å². The normalized spacial score (nSPS) is 13.0. The van der Waals surface area contributed by atoms with Crippen LogP contribution in [0.2, 0.25) is 0 Å². The van der Waals surface area contributed by atoms with Crippen LogP contribution in [0.4, 0.5) is 17.1 Å². The van der Waals surface area contributed by atoms with Gasteiger partial charge in [0.25, 0.3) is 11.8 Å². The Morgan fingerprint density at radius 3 is 2.12 bits per heavy atom. The highest BCUT2D eigenvalue weighted by molar-refractivity contribution is 8.04. The highest BCUT2D eigenvalue weighted by Crippen LogP contribution is 2.38. The fourth-order valence-corrected chi connectivity index (χ4v) is 5.24. The van der Waals surface area contributed by atoms with Gasteiger partial charge in [0.2, 0.25) is 5.91 Å². The van der Waals surface area contributed by atoms with E-state index in [0.717, 1.165) is 16.0 Å². The number of anilines is 3. The lowest BCUT2D eigenvalue weighted by Gasteiger charge is -2.15. The lowest BCUT2D eigenvalue weighted by Crippen LogP contribution is -2.32. The molecule has 41 heavy (non-hydrogen) atoms. The number of rotatable bonds is 10. The number of amides is 3. The monoisotopic (exact) mass is 563 g/mol. The molecule has 206 valence electrons. The van der Waals surface area contributed by atoms with Crippen molar-refractivity contribution in [2.75, 3.05) is 22.6 Å². The van der Waals surface area contributed by atoms with E-state index >= 15 is 0 Å². The number of benzene rings is 4. The summed E-state index contributed by atoms with van der Waals surface area (Å²) < 4.78 is 5.22. The zero-order chi connectivity index (χ0) is 28.8. The Hall–Kier alpha value is -4.82. The van der Waals surface area contributed by atoms with Crippen LogP contribution in [0.25, 0.3) is 0 Å². The molecule has 5 rings (SSSR count). The van der Waals surface area contributed by atoms with Crippen molar-refractivity contribution in [1.29, 1.82) is 0 Å². The van der Waals surface area contributed by atoms with Crippen molar-refractivity contribution in [2.24, 2.45) is 0 Å². The number of aryl methyl sites for hydroxylation is 2. The number of nitrogens with one attached hydrogen (secondary N) is 2. The summed E-state index contributed by atoms with van der Waals surface area (Å²) in [4.78, 5) is 41.9. The van der Waals surface area contributed by atoms with Gasteiger partial charge in [0, 0.05) is 22.7 Å². The first-order valence-corrected chi connectivity index (χ1v) is 14.0. The molecule has 0 radical (unpaired) electrons. The SMILES string of the molecule is COc1ccc(N2C(=O)C(Nc3ccc(C)cc3)=C(Sc3ccc(NC(=O)CCc4ccccc4)cc3)C2=O)cc1. The summed E-state index contributed by atoms with van der Waals surface area (Å²) in [5, 5.41) is 6.09. The number of imide groups is 1. The van der Waals surface area contributed by atoms with Crippen molar-refractivity contribution < 1.29 is 19.1 Å². The van der Waals surface area contributed by atoms with E-state index in [9.17, 15) is 14.4 Å². The number of hydrogen-bond acceptors (Lipinski definition) is 6. The number of ether oxygens (including phenoxy) is 1. The Morgan fingerprint density at radius 1 is 0.805 bits per heavy atom. The van der Waals surface area contributed by atoms with Gasteiger partial charge in [0.1, 0.15) is 16.4 Å². The van der Waals surface area contributed by atoms with Crippen LogP contribution in [0, 0.1) is 6.92 Å². The average Bonchev–Trinajstić information content (AvgIpc) is 3.22. The fraction of sp³-hybridized carbons (Fsp3) is 0.121. The van der Waals surface area contributed by atoms with Crippen LogP contribution in [0.15, 0.2) is 119 Å². The van der Waals surface area contributed by atoms with Gasteiger partial charge in [-0.25, -0.2) is 4.90 Å². The Morgan fingerprint density at radius 2 is 1.46 bits per heavy atom. The van der Waals surface area contributed by atoms with Crippen molar-refractivity contribution >= 4 is 46.5 Å². The molecule has 1 aliphatic rings. The molecule has 1 heterocycles. The minimum Gasteiger partial charge on any atom is -0.497 e. The van der Waals surface area contributed by atoms with E-state index in [-0.39, 0.29) is 16.5 Å². The first kappa shape index (κ1) is 27.7. The van der Waals surface area contributed by atoms with Gasteiger partial charge < -0.3 is 15.4 Å². The third kappa shape index (κ3) is 6.67. The van der Waals surface area contributed by atoms with Crippen LogP contribution in [-0.2, 0) is 20.8 Å². The number of methoxy groups -OCH3 is 1. The van der Waals surface area contributed by atoms with E-state index in [2.05, 4.69) is 10.6 Å². The van der Waals surface area contributed by atoms with Gasteiger partial charge in [-0.3, -0.25) is 14.4 Å². The standard InChI is InChI=1S/C33H29N3O4S/c1-22-8-11-25(12-9-22)35-30-31(33(39)36(32(30)38)26-15-17-27(40-2)18-16-26)41-28-19-13-24(14-20-28)34-29(37)21-10-23-6-4-3-5-7-23/h3-9,11-20,35H,10,21H2,1-2H3,(H,34,37). The van der Waals surface area contributed by atoms with E-state index in [1.807, 2.05) is 73.7 Å². The Bertz CT molecular complexity index is 1580. The topological polar surface area (TPSA) is 87.7 Å². The smallest absolute Gasteiger partial charge is 0.283 e. The fourth-order valence-electron chi connectivity index (χ4n) is 4.31. The number of thioether (sulfide) groups is 1. The first-order chi connectivity index (χ1) is 19.9. The molecule has 1 aliphatic heterocycles. The summed E-state index contributed by atoms with van der Waals surface area (Å²) in [5.74, 6) is -0.308. The van der Waals surface area contributed by atoms with Crippen molar-refractivity contribution in [1.82, 2.24) is 0 Å². The third-order valence-corrected chi connectivity index (χ3v) is 7.63. The molecular weight excluding hydrogens is 534 g/mol. The highest BCUT2D eigenvalue weighted by Gasteiger charge is 2.40. The Kier molecular flexibility index (Phi) is 8.50. The van der Waals surface area contributed by atoms with Crippen LogP contribution >= 0.6 is 11.8 Å². The molecule has 0 saturated heterocycles. The summed E-state index contributed by atoms with van der Waals surface area (Å²) in [6.07, 6.45) is 1.03. The molecule has 0 atom stereocenters. The third-order valence-electron chi connectivity index (χ3n) is 6.53. The molecule has 0 saturated carbocycles. The molecule has 2 N–H and O–H groups in total. The van der Waals surface area contributed by atoms with E-state index in [0.29, 0.717) is 35.7 Å². The predicted octanol–water partition coefficient (Wildman–Crippen LogP) is 6.56. The summed E-state index contributed by atoms with van der Waals surface area (Å²) in [5.41, 5.74) is 4.21. The number of nitrogens with zero attached hydrogens (tertiary/aromatic N) is 1. The molecule has 8 heteroatoms. The Labute approximate surface area is 243 Å². The number of hydrogen-bond donors (Lipinski definition) is 2. The predicted molar refractivity (Wildman–Crippen MR) is 163 cm³/mol. The van der Waals surface area contributed by atoms with Gasteiger partial charge in [-0.1, -0.05) is 59.8 Å². The maximum absolute atomic E-state index is 13.6. The molecule has 4 aromatic carbocycles. The van der Waals surface area contributed by atoms with Crippen LogP contribution in [-0.4, -0.2) is 24.8 Å². The maximum Gasteiger partial charge on any atom is 0.283 e. The largest absolute Gasteiger partial charge is 0.497 e. The molecule has 0 spiro atoms. The van der Waals surface area contributed by atoms with E-state index in [4.69, 9.17) is 4.74 Å². The lowest BCUT2D eigenvalue weighted by atomic mass is 10.1. The van der Waals surface area contributed by atoms with Crippen molar-refractivity contribution in [3.63, 3.8) is 0 Å². The number of carbonyl (C=O) groups is 3. The summed E-state index contributed by atoms with van der Waals surface area (Å²) in [6, 6.07) is 31.5. The lowest BCUT2D eigenvalue weighted by molar-refractivity contribution is -0.120. The zero-order valence-corrected chi connectivity index (χ0v) is 23.5. The van der Waals surface area contributed by atoms with Gasteiger partial charge in [-0.15, -0.1) is 0 Å². The molecular formula is C33H29N3O4S. The zero-order valence-electron chi connectivity index (χ0n) is 22.7. The van der Waals surface area contributed by atoms with Gasteiger partial charge in [0.15, 0.2) is 0 Å². The first-order valence-electron chi connectivity index (χ1n) is 13.1. The second kappa shape index (κ2) is 12.6. The maximum atomic E-state index is 13.6. The summed E-state index contributed by atoms with van der Waals surface area (Å²) in [7, 11) is 1.56. The number of carbonyl (C=O) groups excluding carboxylic acids is 3. The van der Waals surface area contributed by atoms with Gasteiger partial charge in [-0.05, 0) is 79.6 Å². The van der Waals surface area contributed by atoms with Crippen LogP contribution < -0.4 is 20.3 Å². The quantitative estimate of drug-likeness (QED) is 0.212. The minimum absolute atomic E-state index is 0.0757. The second-order valence-electron chi connectivity index (χ2n) is 9.50. The van der Waals surface area contributed by atoms with Crippen molar-refractivity contribution in [3.8, 4) is 5.75 Å². The van der Waals surface area contributed by atoms with Gasteiger partial charge in [-0.2, -0.15) is 0 Å².